The van der Waals surface area contributed by atoms with E-state index in [4.69, 9.17) is 4.98 Å². The van der Waals surface area contributed by atoms with Crippen LogP contribution < -0.4 is 10.2 Å². The second-order valence-electron chi connectivity index (χ2n) is 6.09. The van der Waals surface area contributed by atoms with Gasteiger partial charge in [0.25, 0.3) is 0 Å². The van der Waals surface area contributed by atoms with E-state index in [1.54, 1.807) is 0 Å². The summed E-state index contributed by atoms with van der Waals surface area (Å²) in [7, 11) is 0. The van der Waals surface area contributed by atoms with E-state index >= 15 is 0 Å². The van der Waals surface area contributed by atoms with Crippen molar-refractivity contribution in [3.05, 3.63) is 47.2 Å². The van der Waals surface area contributed by atoms with Crippen LogP contribution in [0.2, 0.25) is 0 Å². The van der Waals surface area contributed by atoms with Crippen molar-refractivity contribution in [3.63, 3.8) is 0 Å². The van der Waals surface area contributed by atoms with Crippen LogP contribution in [0.4, 0.5) is 11.8 Å². The fourth-order valence-electron chi connectivity index (χ4n) is 2.79. The monoisotopic (exact) mass is 296 g/mol. The van der Waals surface area contributed by atoms with Crippen LogP contribution in [0, 0.1) is 6.92 Å². The van der Waals surface area contributed by atoms with E-state index in [1.165, 1.54) is 11.1 Å². The first kappa shape index (κ1) is 14.8. The van der Waals surface area contributed by atoms with Crippen LogP contribution in [0.3, 0.4) is 0 Å². The average molecular weight is 296 g/mol. The molecule has 4 heteroatoms. The Kier molecular flexibility index (Phi) is 4.27. The lowest BCUT2D eigenvalue weighted by molar-refractivity contribution is 0.713. The smallest absolute Gasteiger partial charge is 0.225 e. The third-order valence-corrected chi connectivity index (χ3v) is 4.28. The molecule has 0 saturated heterocycles. The Balaban J connectivity index is 1.83. The largest absolute Gasteiger partial charge is 0.352 e. The quantitative estimate of drug-likeness (QED) is 0.936. The molecule has 0 amide bonds. The normalized spacial score (nSPS) is 15.3. The first-order valence-corrected chi connectivity index (χ1v) is 8.09. The maximum atomic E-state index is 4.72. The van der Waals surface area contributed by atoms with Crippen LogP contribution in [0.15, 0.2) is 30.3 Å². The minimum atomic E-state index is 0.386. The van der Waals surface area contributed by atoms with Crippen LogP contribution in [-0.2, 0) is 13.0 Å². The first-order valence-electron chi connectivity index (χ1n) is 8.09. The van der Waals surface area contributed by atoms with Crippen molar-refractivity contribution in [2.24, 2.45) is 0 Å². The van der Waals surface area contributed by atoms with E-state index in [0.717, 1.165) is 43.4 Å². The molecule has 0 aliphatic carbocycles. The third kappa shape index (κ3) is 3.21. The van der Waals surface area contributed by atoms with Gasteiger partial charge in [-0.15, -0.1) is 0 Å². The lowest BCUT2D eigenvalue weighted by Gasteiger charge is -2.30. The number of hydrogen-bond acceptors (Lipinski definition) is 4. The number of aromatic nitrogens is 2. The van der Waals surface area contributed by atoms with Crippen LogP contribution >= 0.6 is 0 Å². The fraction of sp³-hybridized carbons (Fsp3) is 0.444. The van der Waals surface area contributed by atoms with Gasteiger partial charge in [-0.05, 0) is 37.8 Å². The summed E-state index contributed by atoms with van der Waals surface area (Å²) < 4.78 is 0. The number of hydrogen-bond donors (Lipinski definition) is 1. The number of rotatable bonds is 4. The van der Waals surface area contributed by atoms with E-state index in [9.17, 15) is 0 Å². The first-order chi connectivity index (χ1) is 10.7. The lowest BCUT2D eigenvalue weighted by atomic mass is 10.00. The van der Waals surface area contributed by atoms with Crippen molar-refractivity contribution in [1.29, 1.82) is 0 Å². The molecule has 0 spiro atoms. The second-order valence-corrected chi connectivity index (χ2v) is 6.09. The molecule has 0 radical (unpaired) electrons. The van der Waals surface area contributed by atoms with Gasteiger partial charge in [-0.25, -0.2) is 4.98 Å². The molecule has 0 saturated carbocycles. The van der Waals surface area contributed by atoms with E-state index < -0.39 is 0 Å². The molecule has 0 unspecified atom stereocenters. The van der Waals surface area contributed by atoms with Gasteiger partial charge in [0.05, 0.1) is 0 Å². The Morgan fingerprint density at radius 3 is 2.77 bits per heavy atom. The molecule has 1 aromatic carbocycles. The van der Waals surface area contributed by atoms with Gasteiger partial charge in [-0.1, -0.05) is 31.2 Å². The van der Waals surface area contributed by atoms with Crippen molar-refractivity contribution in [1.82, 2.24) is 9.97 Å². The second kappa shape index (κ2) is 6.34. The summed E-state index contributed by atoms with van der Waals surface area (Å²) in [4.78, 5) is 11.6. The van der Waals surface area contributed by atoms with Crippen molar-refractivity contribution in [2.45, 2.75) is 46.2 Å². The van der Waals surface area contributed by atoms with Gasteiger partial charge in [0, 0.05) is 30.9 Å². The number of fused-ring (bicyclic) bond motifs is 1. The van der Waals surface area contributed by atoms with Crippen molar-refractivity contribution < 1.29 is 0 Å². The predicted octanol–water partition coefficient (Wildman–Crippen LogP) is 3.56. The molecule has 1 aromatic heterocycles. The molecule has 116 valence electrons. The third-order valence-electron chi connectivity index (χ3n) is 4.28. The zero-order chi connectivity index (χ0) is 15.5. The van der Waals surface area contributed by atoms with E-state index in [1.807, 2.05) is 6.92 Å². The van der Waals surface area contributed by atoms with E-state index in [-0.39, 0.29) is 0 Å². The number of aryl methyl sites for hydroxylation is 1. The average Bonchev–Trinajstić information content (AvgIpc) is 2.53. The van der Waals surface area contributed by atoms with Gasteiger partial charge in [0.2, 0.25) is 5.95 Å². The van der Waals surface area contributed by atoms with Gasteiger partial charge in [-0.3, -0.25) is 0 Å². The van der Waals surface area contributed by atoms with Gasteiger partial charge >= 0.3 is 0 Å². The highest BCUT2D eigenvalue weighted by molar-refractivity contribution is 5.48. The maximum Gasteiger partial charge on any atom is 0.225 e. The Labute approximate surface area is 132 Å². The van der Waals surface area contributed by atoms with Gasteiger partial charge in [-0.2, -0.15) is 4.98 Å². The molecule has 2 heterocycles. The standard InChI is InChI=1S/C18H24N4/c1-4-13(2)19-18-20-14(3)11-17(21-18)22-10-9-15-7-5-6-8-16(15)12-22/h5-8,11,13H,4,9-10,12H2,1-3H3,(H,19,20,21)/t13-/m1/s1. The number of benzene rings is 1. The Hall–Kier alpha value is -2.10. The number of nitrogens with zero attached hydrogens (tertiary/aromatic N) is 3. The molecular weight excluding hydrogens is 272 g/mol. The molecular formula is C18H24N4. The topological polar surface area (TPSA) is 41.1 Å². The van der Waals surface area contributed by atoms with Crippen LogP contribution in [0.1, 0.15) is 37.1 Å². The molecule has 1 aliphatic heterocycles. The van der Waals surface area contributed by atoms with Crippen molar-refractivity contribution in [2.75, 3.05) is 16.8 Å². The molecule has 1 aliphatic rings. The SMILES string of the molecule is CC[C@@H](C)Nc1nc(C)cc(N2CCc3ccccc3C2)n1. The summed E-state index contributed by atoms with van der Waals surface area (Å²) in [5, 5.41) is 3.38. The fourth-order valence-corrected chi connectivity index (χ4v) is 2.79. The summed E-state index contributed by atoms with van der Waals surface area (Å²) in [6.45, 7) is 8.29. The summed E-state index contributed by atoms with van der Waals surface area (Å²) in [6.07, 6.45) is 2.14. The van der Waals surface area contributed by atoms with Crippen LogP contribution in [0.25, 0.3) is 0 Å². The molecule has 22 heavy (non-hydrogen) atoms. The molecule has 1 atom stereocenters. The predicted molar refractivity (Wildman–Crippen MR) is 91.3 cm³/mol. The zero-order valence-corrected chi connectivity index (χ0v) is 13.6. The molecule has 3 rings (SSSR count). The van der Waals surface area contributed by atoms with Crippen LogP contribution in [-0.4, -0.2) is 22.6 Å². The summed E-state index contributed by atoms with van der Waals surface area (Å²) >= 11 is 0. The highest BCUT2D eigenvalue weighted by Crippen LogP contribution is 2.24. The van der Waals surface area contributed by atoms with Gasteiger partial charge < -0.3 is 10.2 Å². The molecule has 0 bridgehead atoms. The summed E-state index contributed by atoms with van der Waals surface area (Å²) in [5.41, 5.74) is 3.87. The maximum absolute atomic E-state index is 4.72. The molecule has 4 nitrogen and oxygen atoms in total. The summed E-state index contributed by atoms with van der Waals surface area (Å²) in [5.74, 6) is 1.76. The van der Waals surface area contributed by atoms with Crippen molar-refractivity contribution in [3.8, 4) is 0 Å². The number of anilines is 2. The van der Waals surface area contributed by atoms with Crippen molar-refractivity contribution >= 4 is 11.8 Å². The van der Waals surface area contributed by atoms with Crippen LogP contribution in [0.5, 0.6) is 0 Å². The Bertz CT molecular complexity index is 653. The summed E-state index contributed by atoms with van der Waals surface area (Å²) in [6, 6.07) is 11.1. The van der Waals surface area contributed by atoms with Gasteiger partial charge in [0.1, 0.15) is 5.82 Å². The molecule has 2 aromatic rings. The highest BCUT2D eigenvalue weighted by atomic mass is 15.2. The Morgan fingerprint density at radius 1 is 1.23 bits per heavy atom. The molecule has 0 fully saturated rings. The van der Waals surface area contributed by atoms with Gasteiger partial charge in [0.15, 0.2) is 0 Å². The minimum Gasteiger partial charge on any atom is -0.352 e. The van der Waals surface area contributed by atoms with E-state index in [2.05, 4.69) is 59.4 Å². The highest BCUT2D eigenvalue weighted by Gasteiger charge is 2.18. The molecule has 1 N–H and O–H groups in total. The lowest BCUT2D eigenvalue weighted by Crippen LogP contribution is -2.31. The number of nitrogens with one attached hydrogen (secondary N) is 1. The minimum absolute atomic E-state index is 0.386. The Morgan fingerprint density at radius 2 is 2.00 bits per heavy atom. The zero-order valence-electron chi connectivity index (χ0n) is 13.6. The van der Waals surface area contributed by atoms with E-state index in [0.29, 0.717) is 6.04 Å².